The van der Waals surface area contributed by atoms with Gasteiger partial charge in [-0.1, -0.05) is 103 Å². The summed E-state index contributed by atoms with van der Waals surface area (Å²) >= 11 is 0. The molecule has 0 spiro atoms. The monoisotopic (exact) mass is 596 g/mol. The standard InChI is InChI=1S/C35H64O7/c1-3-4-13-20-31(37)32(38)21-16-11-12-17-22-33(39)34-24-23-30(42-34)19-15-10-8-6-5-7-9-14-18-29(36)26-28-25-27(2)41-35(28)40/h25,27,29-34,36-39H,3-24,26H2,1-2H3/t27-,29-,30-,31?,32?,33-,34-/m0/s1. The number of carbonyl (C=O) groups excluding carboxylic acids is 1. The van der Waals surface area contributed by atoms with E-state index in [1.807, 2.05) is 13.0 Å². The molecule has 0 aromatic carbocycles. The van der Waals surface area contributed by atoms with Gasteiger partial charge < -0.3 is 29.9 Å². The van der Waals surface area contributed by atoms with Crippen molar-refractivity contribution in [2.75, 3.05) is 0 Å². The summed E-state index contributed by atoms with van der Waals surface area (Å²) in [5, 5.41) is 40.9. The van der Waals surface area contributed by atoms with E-state index in [0.29, 0.717) is 30.9 Å². The average molecular weight is 597 g/mol. The largest absolute Gasteiger partial charge is 0.455 e. The number of hydrogen-bond donors (Lipinski definition) is 4. The molecule has 7 atom stereocenters. The Kier molecular flexibility index (Phi) is 19.9. The van der Waals surface area contributed by atoms with Crippen LogP contribution in [-0.2, 0) is 14.3 Å². The fourth-order valence-corrected chi connectivity index (χ4v) is 6.41. The molecule has 246 valence electrons. The summed E-state index contributed by atoms with van der Waals surface area (Å²) in [4.78, 5) is 11.6. The fourth-order valence-electron chi connectivity index (χ4n) is 6.41. The highest BCUT2D eigenvalue weighted by atomic mass is 16.5. The van der Waals surface area contributed by atoms with Crippen molar-refractivity contribution in [2.24, 2.45) is 0 Å². The van der Waals surface area contributed by atoms with Gasteiger partial charge >= 0.3 is 5.97 Å². The molecule has 0 saturated carbocycles. The summed E-state index contributed by atoms with van der Waals surface area (Å²) in [6.45, 7) is 3.98. The van der Waals surface area contributed by atoms with Gasteiger partial charge in [0.2, 0.25) is 0 Å². The third-order valence-corrected chi connectivity index (χ3v) is 9.13. The molecule has 0 amide bonds. The molecule has 7 heteroatoms. The number of cyclic esters (lactones) is 1. The molecule has 0 bridgehead atoms. The third kappa shape index (κ3) is 16.2. The van der Waals surface area contributed by atoms with Crippen LogP contribution in [0.2, 0.25) is 0 Å². The highest BCUT2D eigenvalue weighted by Gasteiger charge is 2.30. The van der Waals surface area contributed by atoms with Gasteiger partial charge in [-0.2, -0.15) is 0 Å². The van der Waals surface area contributed by atoms with Crippen LogP contribution in [0.5, 0.6) is 0 Å². The lowest BCUT2D eigenvalue weighted by Gasteiger charge is -2.20. The number of carbonyl (C=O) groups is 1. The zero-order valence-corrected chi connectivity index (χ0v) is 26.9. The Labute approximate surface area is 256 Å². The predicted octanol–water partition coefficient (Wildman–Crippen LogP) is 7.06. The lowest BCUT2D eigenvalue weighted by atomic mass is 9.99. The molecule has 0 aromatic rings. The minimum atomic E-state index is -0.604. The first-order valence-corrected chi connectivity index (χ1v) is 17.6. The lowest BCUT2D eigenvalue weighted by molar-refractivity contribution is -0.139. The van der Waals surface area contributed by atoms with Gasteiger partial charge in [-0.15, -0.1) is 0 Å². The summed E-state index contributed by atoms with van der Waals surface area (Å²) in [6, 6.07) is 0. The molecule has 0 aliphatic carbocycles. The molecule has 4 N–H and O–H groups in total. The molecule has 1 fully saturated rings. The predicted molar refractivity (Wildman–Crippen MR) is 168 cm³/mol. The van der Waals surface area contributed by atoms with Gasteiger partial charge in [0.05, 0.1) is 36.6 Å². The van der Waals surface area contributed by atoms with E-state index in [0.717, 1.165) is 89.9 Å². The Morgan fingerprint density at radius 2 is 1.29 bits per heavy atom. The first-order valence-electron chi connectivity index (χ1n) is 17.6. The number of unbranched alkanes of at least 4 members (excludes halogenated alkanes) is 12. The van der Waals surface area contributed by atoms with E-state index in [1.165, 1.54) is 38.5 Å². The van der Waals surface area contributed by atoms with E-state index in [2.05, 4.69) is 6.92 Å². The van der Waals surface area contributed by atoms with Gasteiger partial charge in [-0.25, -0.2) is 4.79 Å². The zero-order valence-electron chi connectivity index (χ0n) is 26.9. The van der Waals surface area contributed by atoms with E-state index in [-0.39, 0.29) is 24.3 Å². The SMILES string of the molecule is CCCCCC(O)C(O)CCCCCC[C@H](O)[C@@H]1CC[C@H](CCCCCCCCCC[C@H](O)CC2=C[C@H](C)OC2=O)O1. The van der Waals surface area contributed by atoms with Gasteiger partial charge in [0.1, 0.15) is 6.10 Å². The van der Waals surface area contributed by atoms with Crippen LogP contribution in [-0.4, -0.2) is 69.1 Å². The second-order valence-electron chi connectivity index (χ2n) is 13.1. The molecule has 2 rings (SSSR count). The van der Waals surface area contributed by atoms with Crippen molar-refractivity contribution >= 4 is 5.97 Å². The number of esters is 1. The summed E-state index contributed by atoms with van der Waals surface area (Å²) in [7, 11) is 0. The summed E-state index contributed by atoms with van der Waals surface area (Å²) in [5.74, 6) is -0.277. The number of aliphatic hydroxyl groups excluding tert-OH is 4. The summed E-state index contributed by atoms with van der Waals surface area (Å²) < 4.78 is 11.3. The third-order valence-electron chi connectivity index (χ3n) is 9.13. The molecule has 2 heterocycles. The molecular formula is C35H64O7. The second kappa shape index (κ2) is 22.5. The maximum Gasteiger partial charge on any atom is 0.334 e. The van der Waals surface area contributed by atoms with Crippen molar-refractivity contribution in [1.29, 1.82) is 0 Å². The highest BCUT2D eigenvalue weighted by molar-refractivity contribution is 5.90. The van der Waals surface area contributed by atoms with Gasteiger partial charge in [0.25, 0.3) is 0 Å². The zero-order chi connectivity index (χ0) is 30.6. The first kappa shape index (κ1) is 37.2. The summed E-state index contributed by atoms with van der Waals surface area (Å²) in [5.41, 5.74) is 0.621. The Bertz CT molecular complexity index is 726. The Morgan fingerprint density at radius 1 is 0.738 bits per heavy atom. The van der Waals surface area contributed by atoms with Gasteiger partial charge in [-0.3, -0.25) is 0 Å². The van der Waals surface area contributed by atoms with E-state index < -0.39 is 18.3 Å². The van der Waals surface area contributed by atoms with Crippen LogP contribution in [0.3, 0.4) is 0 Å². The highest BCUT2D eigenvalue weighted by Crippen LogP contribution is 2.28. The average Bonchev–Trinajstić information content (AvgIpc) is 3.56. The van der Waals surface area contributed by atoms with Crippen LogP contribution in [0.15, 0.2) is 11.6 Å². The van der Waals surface area contributed by atoms with Crippen molar-refractivity contribution in [1.82, 2.24) is 0 Å². The molecule has 1 saturated heterocycles. The smallest absolute Gasteiger partial charge is 0.334 e. The first-order chi connectivity index (χ1) is 20.3. The van der Waals surface area contributed by atoms with Crippen molar-refractivity contribution in [3.8, 4) is 0 Å². The Hall–Kier alpha value is -0.990. The molecule has 2 unspecified atom stereocenters. The van der Waals surface area contributed by atoms with Crippen LogP contribution in [0.25, 0.3) is 0 Å². The Balaban J connectivity index is 1.36. The molecule has 42 heavy (non-hydrogen) atoms. The summed E-state index contributed by atoms with van der Waals surface area (Å²) in [6.07, 6.45) is 23.0. The normalized spacial score (nSPS) is 23.5. The van der Waals surface area contributed by atoms with Crippen LogP contribution in [0.4, 0.5) is 0 Å². The number of ether oxygens (including phenoxy) is 2. The number of aliphatic hydroxyl groups is 4. The molecule has 7 nitrogen and oxygen atoms in total. The van der Waals surface area contributed by atoms with Gasteiger partial charge in [0, 0.05) is 12.0 Å². The number of rotatable bonds is 26. The van der Waals surface area contributed by atoms with Crippen molar-refractivity contribution < 1.29 is 34.7 Å². The van der Waals surface area contributed by atoms with Crippen molar-refractivity contribution in [2.45, 2.75) is 204 Å². The van der Waals surface area contributed by atoms with Crippen molar-refractivity contribution in [3.63, 3.8) is 0 Å². The van der Waals surface area contributed by atoms with Crippen LogP contribution in [0, 0.1) is 0 Å². The van der Waals surface area contributed by atoms with E-state index in [1.54, 1.807) is 0 Å². The van der Waals surface area contributed by atoms with Gasteiger partial charge in [0.15, 0.2) is 0 Å². The molecule has 2 aliphatic heterocycles. The van der Waals surface area contributed by atoms with Crippen LogP contribution >= 0.6 is 0 Å². The van der Waals surface area contributed by atoms with Crippen molar-refractivity contribution in [3.05, 3.63) is 11.6 Å². The quantitative estimate of drug-likeness (QED) is 0.0624. The topological polar surface area (TPSA) is 116 Å². The van der Waals surface area contributed by atoms with E-state index in [9.17, 15) is 25.2 Å². The van der Waals surface area contributed by atoms with E-state index >= 15 is 0 Å². The maximum atomic E-state index is 11.6. The molecule has 2 aliphatic rings. The van der Waals surface area contributed by atoms with Crippen LogP contribution < -0.4 is 0 Å². The fraction of sp³-hybridized carbons (Fsp3) is 0.914. The molecule has 0 radical (unpaired) electrons. The van der Waals surface area contributed by atoms with Crippen LogP contribution in [0.1, 0.15) is 162 Å². The molecular weight excluding hydrogens is 532 g/mol. The number of hydrogen-bond acceptors (Lipinski definition) is 7. The Morgan fingerprint density at radius 3 is 1.88 bits per heavy atom. The van der Waals surface area contributed by atoms with E-state index in [4.69, 9.17) is 9.47 Å². The minimum Gasteiger partial charge on any atom is -0.455 e. The molecule has 0 aromatic heterocycles. The lowest BCUT2D eigenvalue weighted by Crippen LogP contribution is -2.26. The minimum absolute atomic E-state index is 0.0131. The maximum absolute atomic E-state index is 11.6. The second-order valence-corrected chi connectivity index (χ2v) is 13.1. The van der Waals surface area contributed by atoms with Gasteiger partial charge in [-0.05, 0) is 57.9 Å².